The second-order valence-corrected chi connectivity index (χ2v) is 8.46. The van der Waals surface area contributed by atoms with Crippen molar-refractivity contribution in [3.05, 3.63) is 70.6 Å². The van der Waals surface area contributed by atoms with Crippen molar-refractivity contribution in [2.24, 2.45) is 0 Å². The number of benzene rings is 1. The molecule has 1 aliphatic rings. The molecule has 2 aromatic rings. The van der Waals surface area contributed by atoms with Crippen LogP contribution in [-0.2, 0) is 12.8 Å². The molecule has 0 radical (unpaired) electrons. The van der Waals surface area contributed by atoms with Gasteiger partial charge in [-0.2, -0.15) is 10.5 Å². The highest BCUT2D eigenvalue weighted by molar-refractivity contribution is 5.77. The molecule has 1 aliphatic carbocycles. The molecule has 0 spiro atoms. The first kappa shape index (κ1) is 24.7. The number of nitrogens with two attached hydrogens (primary N) is 1. The van der Waals surface area contributed by atoms with E-state index in [1.807, 2.05) is 12.1 Å². The van der Waals surface area contributed by atoms with E-state index in [1.165, 1.54) is 40.7 Å². The maximum absolute atomic E-state index is 9.18. The molecule has 0 atom stereocenters. The number of aromatic nitrogens is 1. The zero-order chi connectivity index (χ0) is 24.5. The number of nitriles is 2. The molecule has 1 aromatic heterocycles. The molecule has 0 amide bonds. The van der Waals surface area contributed by atoms with Crippen molar-refractivity contribution >= 4 is 23.3 Å². The summed E-state index contributed by atoms with van der Waals surface area (Å²) in [6.07, 6.45) is 9.06. The summed E-state index contributed by atoms with van der Waals surface area (Å²) in [6.45, 7) is 9.01. The summed E-state index contributed by atoms with van der Waals surface area (Å²) in [5.74, 6) is 0.468. The number of hydrogen-bond acceptors (Lipinski definition) is 7. The van der Waals surface area contributed by atoms with Crippen LogP contribution in [0, 0.1) is 28.1 Å². The monoisotopic (exact) mass is 453 g/mol. The molecule has 0 saturated heterocycles. The van der Waals surface area contributed by atoms with Gasteiger partial charge < -0.3 is 21.4 Å². The summed E-state index contributed by atoms with van der Waals surface area (Å²) < 4.78 is 0. The van der Waals surface area contributed by atoms with Gasteiger partial charge in [0.1, 0.15) is 18.0 Å². The smallest absolute Gasteiger partial charge is 0.131 e. The van der Waals surface area contributed by atoms with E-state index in [2.05, 4.69) is 40.8 Å². The van der Waals surface area contributed by atoms with Crippen LogP contribution in [0.1, 0.15) is 54.0 Å². The van der Waals surface area contributed by atoms with E-state index in [0.29, 0.717) is 12.2 Å². The summed E-state index contributed by atoms with van der Waals surface area (Å²) in [5, 5.41) is 29.0. The standard InChI is InChI=1S/C27H31N7/c1-3-10-34(12-9-21-5-7-24-19(2)4-6-25(24)27(21)31)11-8-20(14-28)17-32-26-13-22(15-29)23(16-30)18-33-26/h5,7,13-14,17-18,28H,2-4,6,8-12,31H2,1H3,(H,32,33)/b20-17-,28-14?. The zero-order valence-corrected chi connectivity index (χ0v) is 19.7. The molecule has 4 N–H and O–H groups in total. The first-order valence-corrected chi connectivity index (χ1v) is 11.6. The summed E-state index contributed by atoms with van der Waals surface area (Å²) in [4.78, 5) is 6.56. The van der Waals surface area contributed by atoms with Gasteiger partial charge in [-0.25, -0.2) is 4.98 Å². The molecule has 174 valence electrons. The fourth-order valence-electron chi connectivity index (χ4n) is 4.23. The van der Waals surface area contributed by atoms with Crippen molar-refractivity contribution < 1.29 is 0 Å². The van der Waals surface area contributed by atoms with Crippen molar-refractivity contribution in [3.63, 3.8) is 0 Å². The zero-order valence-electron chi connectivity index (χ0n) is 19.7. The average Bonchev–Trinajstić information content (AvgIpc) is 3.24. The van der Waals surface area contributed by atoms with Crippen molar-refractivity contribution in [2.75, 3.05) is 30.7 Å². The van der Waals surface area contributed by atoms with Crippen molar-refractivity contribution in [1.29, 1.82) is 15.9 Å². The Morgan fingerprint density at radius 3 is 2.74 bits per heavy atom. The second-order valence-electron chi connectivity index (χ2n) is 8.46. The van der Waals surface area contributed by atoms with Gasteiger partial charge >= 0.3 is 0 Å². The summed E-state index contributed by atoms with van der Waals surface area (Å²) in [6, 6.07) is 9.80. The van der Waals surface area contributed by atoms with Gasteiger partial charge in [0.25, 0.3) is 0 Å². The SMILES string of the molecule is C=C1CCc2c1ccc(CCN(CCC)CC/C(C=N)=C/Nc1cc(C#N)c(C#N)cn1)c2N. The highest BCUT2D eigenvalue weighted by atomic mass is 15.1. The average molecular weight is 454 g/mol. The van der Waals surface area contributed by atoms with Gasteiger partial charge in [-0.05, 0) is 72.6 Å². The molecule has 0 bridgehead atoms. The van der Waals surface area contributed by atoms with Gasteiger partial charge in [-0.3, -0.25) is 0 Å². The van der Waals surface area contributed by atoms with E-state index >= 15 is 0 Å². The van der Waals surface area contributed by atoms with Crippen LogP contribution >= 0.6 is 0 Å². The molecule has 1 aromatic carbocycles. The van der Waals surface area contributed by atoms with Gasteiger partial charge in [0.2, 0.25) is 0 Å². The van der Waals surface area contributed by atoms with Crippen molar-refractivity contribution in [2.45, 2.75) is 39.0 Å². The quantitative estimate of drug-likeness (QED) is 0.336. The fourth-order valence-corrected chi connectivity index (χ4v) is 4.23. The molecule has 0 fully saturated rings. The van der Waals surface area contributed by atoms with Gasteiger partial charge in [-0.1, -0.05) is 25.6 Å². The Balaban J connectivity index is 1.60. The van der Waals surface area contributed by atoms with E-state index < -0.39 is 0 Å². The van der Waals surface area contributed by atoms with E-state index in [9.17, 15) is 5.26 Å². The minimum atomic E-state index is 0.244. The number of allylic oxidation sites excluding steroid dienone is 1. The van der Waals surface area contributed by atoms with Gasteiger partial charge in [-0.15, -0.1) is 0 Å². The third-order valence-electron chi connectivity index (χ3n) is 6.19. The number of nitrogen functional groups attached to an aromatic ring is 1. The Labute approximate surface area is 201 Å². The second kappa shape index (κ2) is 11.8. The lowest BCUT2D eigenvalue weighted by Crippen LogP contribution is -2.28. The molecular formula is C27H31N7. The molecule has 0 aliphatic heterocycles. The first-order valence-electron chi connectivity index (χ1n) is 11.6. The number of fused-ring (bicyclic) bond motifs is 1. The molecule has 3 rings (SSSR count). The summed E-state index contributed by atoms with van der Waals surface area (Å²) >= 11 is 0. The van der Waals surface area contributed by atoms with E-state index in [0.717, 1.165) is 56.6 Å². The van der Waals surface area contributed by atoms with E-state index in [-0.39, 0.29) is 11.1 Å². The van der Waals surface area contributed by atoms with Crippen LogP contribution in [0.4, 0.5) is 11.5 Å². The largest absolute Gasteiger partial charge is 0.398 e. The predicted molar refractivity (Wildman–Crippen MR) is 137 cm³/mol. The van der Waals surface area contributed by atoms with E-state index in [4.69, 9.17) is 16.4 Å². The lowest BCUT2D eigenvalue weighted by molar-refractivity contribution is 0.282. The van der Waals surface area contributed by atoms with Crippen LogP contribution in [0.2, 0.25) is 0 Å². The summed E-state index contributed by atoms with van der Waals surface area (Å²) in [7, 11) is 0. The lowest BCUT2D eigenvalue weighted by atomic mass is 10.00. The lowest BCUT2D eigenvalue weighted by Gasteiger charge is -2.22. The van der Waals surface area contributed by atoms with Crippen LogP contribution in [0.25, 0.3) is 5.57 Å². The van der Waals surface area contributed by atoms with Gasteiger partial charge in [0, 0.05) is 37.4 Å². The van der Waals surface area contributed by atoms with Gasteiger partial charge in [0.15, 0.2) is 0 Å². The number of nitrogens with zero attached hydrogens (tertiary/aromatic N) is 4. The van der Waals surface area contributed by atoms with Crippen LogP contribution in [0.5, 0.6) is 0 Å². The van der Waals surface area contributed by atoms with Crippen molar-refractivity contribution in [3.8, 4) is 12.1 Å². The summed E-state index contributed by atoms with van der Waals surface area (Å²) in [5.41, 5.74) is 13.6. The predicted octanol–water partition coefficient (Wildman–Crippen LogP) is 4.66. The molecule has 34 heavy (non-hydrogen) atoms. The number of hydrogen-bond donors (Lipinski definition) is 3. The van der Waals surface area contributed by atoms with Crippen molar-refractivity contribution in [1.82, 2.24) is 9.88 Å². The third kappa shape index (κ3) is 5.89. The van der Waals surface area contributed by atoms with Crippen LogP contribution < -0.4 is 11.1 Å². The Morgan fingerprint density at radius 1 is 1.24 bits per heavy atom. The topological polar surface area (TPSA) is 126 Å². The number of nitrogens with one attached hydrogen (secondary N) is 2. The van der Waals surface area contributed by atoms with Gasteiger partial charge in [0.05, 0.1) is 11.1 Å². The fraction of sp³-hybridized carbons (Fsp3) is 0.333. The minimum absolute atomic E-state index is 0.244. The molecule has 1 heterocycles. The van der Waals surface area contributed by atoms with Crippen LogP contribution in [0.3, 0.4) is 0 Å². The molecule has 7 heteroatoms. The Hall–Kier alpha value is -3.94. The maximum atomic E-state index is 9.18. The number of anilines is 2. The highest BCUT2D eigenvalue weighted by Crippen LogP contribution is 2.36. The van der Waals surface area contributed by atoms with E-state index in [1.54, 1.807) is 6.20 Å². The van der Waals surface area contributed by atoms with Crippen LogP contribution in [0.15, 0.2) is 42.7 Å². The maximum Gasteiger partial charge on any atom is 0.131 e. The highest BCUT2D eigenvalue weighted by Gasteiger charge is 2.19. The Bertz CT molecular complexity index is 1180. The minimum Gasteiger partial charge on any atom is -0.398 e. The Morgan fingerprint density at radius 2 is 2.03 bits per heavy atom. The first-order chi connectivity index (χ1) is 16.5. The third-order valence-corrected chi connectivity index (χ3v) is 6.19. The molecular weight excluding hydrogens is 422 g/mol. The number of pyridine rings is 1. The molecule has 7 nitrogen and oxygen atoms in total. The molecule has 0 saturated carbocycles. The number of rotatable bonds is 11. The normalized spacial score (nSPS) is 12.8. The molecule has 0 unspecified atom stereocenters. The van der Waals surface area contributed by atoms with Crippen LogP contribution in [-0.4, -0.2) is 35.7 Å². The Kier molecular flexibility index (Phi) is 8.56.